The van der Waals surface area contributed by atoms with Crippen molar-refractivity contribution in [3.05, 3.63) is 34.9 Å². The van der Waals surface area contributed by atoms with Gasteiger partial charge in [0, 0.05) is 17.7 Å². The molecule has 16 heavy (non-hydrogen) atoms. The maximum absolute atomic E-state index is 5.96. The minimum Gasteiger partial charge on any atom is -0.380 e. The number of ether oxygens (including phenoxy) is 1. The zero-order valence-corrected chi connectivity index (χ0v) is 10.8. The molecule has 1 aromatic rings. The molecule has 1 rings (SSSR count). The maximum atomic E-state index is 5.96. The summed E-state index contributed by atoms with van der Waals surface area (Å²) in [7, 11) is 0. The molecule has 0 saturated heterocycles. The Morgan fingerprint density at radius 1 is 1.38 bits per heavy atom. The van der Waals surface area contributed by atoms with Gasteiger partial charge in [-0.25, -0.2) is 0 Å². The summed E-state index contributed by atoms with van der Waals surface area (Å²) in [6.45, 7) is 6.59. The zero-order chi connectivity index (χ0) is 11.8. The maximum Gasteiger partial charge on any atom is 0.0622 e. The third-order valence-electron chi connectivity index (χ3n) is 2.39. The molecule has 0 saturated carbocycles. The van der Waals surface area contributed by atoms with E-state index in [0.29, 0.717) is 6.04 Å². The van der Waals surface area contributed by atoms with Crippen LogP contribution < -0.4 is 5.32 Å². The molecular formula is C13H20ClNO. The van der Waals surface area contributed by atoms with E-state index < -0.39 is 0 Å². The van der Waals surface area contributed by atoms with Gasteiger partial charge in [0.15, 0.2) is 0 Å². The van der Waals surface area contributed by atoms with Crippen LogP contribution in [0.4, 0.5) is 0 Å². The van der Waals surface area contributed by atoms with Gasteiger partial charge in [-0.05, 0) is 37.6 Å². The highest BCUT2D eigenvalue weighted by atomic mass is 35.5. The smallest absolute Gasteiger partial charge is 0.0622 e. The Morgan fingerprint density at radius 3 is 2.81 bits per heavy atom. The van der Waals surface area contributed by atoms with E-state index in [1.807, 2.05) is 25.1 Å². The minimum absolute atomic E-state index is 0.364. The summed E-state index contributed by atoms with van der Waals surface area (Å²) >= 11 is 5.96. The molecule has 3 heteroatoms. The van der Waals surface area contributed by atoms with Gasteiger partial charge in [-0.15, -0.1) is 0 Å². The van der Waals surface area contributed by atoms with Crippen LogP contribution in [0.15, 0.2) is 24.3 Å². The van der Waals surface area contributed by atoms with Crippen LogP contribution in [0.3, 0.4) is 0 Å². The Balaban J connectivity index is 2.52. The van der Waals surface area contributed by atoms with Gasteiger partial charge >= 0.3 is 0 Å². The topological polar surface area (TPSA) is 21.3 Å². The Bertz CT molecular complexity index is 304. The molecular weight excluding hydrogens is 222 g/mol. The average molecular weight is 242 g/mol. The highest BCUT2D eigenvalue weighted by Crippen LogP contribution is 2.12. The Kier molecular flexibility index (Phi) is 6.46. The van der Waals surface area contributed by atoms with Gasteiger partial charge in [-0.3, -0.25) is 0 Å². The van der Waals surface area contributed by atoms with Crippen molar-refractivity contribution in [2.75, 3.05) is 19.8 Å². The number of likely N-dealkylation sites (N-methyl/N-ethyl adjacent to an activating group) is 1. The molecule has 1 aromatic carbocycles. The summed E-state index contributed by atoms with van der Waals surface area (Å²) in [5, 5.41) is 4.21. The number of hydrogen-bond acceptors (Lipinski definition) is 2. The molecule has 0 radical (unpaired) electrons. The van der Waals surface area contributed by atoms with E-state index >= 15 is 0 Å². The second-order valence-corrected chi connectivity index (χ2v) is 4.18. The first-order valence-electron chi connectivity index (χ1n) is 5.81. The van der Waals surface area contributed by atoms with Crippen LogP contribution in [0, 0.1) is 0 Å². The van der Waals surface area contributed by atoms with Crippen LogP contribution in [-0.4, -0.2) is 25.8 Å². The third kappa shape index (κ3) is 4.97. The Hall–Kier alpha value is -0.570. The normalized spacial score (nSPS) is 12.7. The number of hydrogen-bond donors (Lipinski definition) is 1. The monoisotopic (exact) mass is 241 g/mol. The fourth-order valence-electron chi connectivity index (χ4n) is 1.69. The van der Waals surface area contributed by atoms with Crippen molar-refractivity contribution in [1.82, 2.24) is 5.32 Å². The third-order valence-corrected chi connectivity index (χ3v) is 2.62. The van der Waals surface area contributed by atoms with E-state index in [-0.39, 0.29) is 0 Å². The van der Waals surface area contributed by atoms with E-state index in [2.05, 4.69) is 18.3 Å². The summed E-state index contributed by atoms with van der Waals surface area (Å²) in [5.41, 5.74) is 1.25. The standard InChI is InChI=1S/C13H20ClNO/c1-3-15-13(10-16-4-2)9-11-6-5-7-12(14)8-11/h5-8,13,15H,3-4,9-10H2,1-2H3. The van der Waals surface area contributed by atoms with E-state index in [1.165, 1.54) is 5.56 Å². The lowest BCUT2D eigenvalue weighted by molar-refractivity contribution is 0.123. The van der Waals surface area contributed by atoms with Gasteiger partial charge in [0.2, 0.25) is 0 Å². The Morgan fingerprint density at radius 2 is 2.19 bits per heavy atom. The molecule has 0 heterocycles. The van der Waals surface area contributed by atoms with Crippen molar-refractivity contribution in [3.8, 4) is 0 Å². The van der Waals surface area contributed by atoms with Crippen LogP contribution in [0.2, 0.25) is 5.02 Å². The second kappa shape index (κ2) is 7.66. The van der Waals surface area contributed by atoms with Crippen LogP contribution in [-0.2, 0) is 11.2 Å². The first-order valence-corrected chi connectivity index (χ1v) is 6.19. The fourth-order valence-corrected chi connectivity index (χ4v) is 1.90. The van der Waals surface area contributed by atoms with Crippen molar-refractivity contribution in [3.63, 3.8) is 0 Å². The molecule has 0 aliphatic rings. The lowest BCUT2D eigenvalue weighted by atomic mass is 10.1. The Labute approximate surface area is 103 Å². The molecule has 0 spiro atoms. The van der Waals surface area contributed by atoms with E-state index in [1.54, 1.807) is 0 Å². The summed E-state index contributed by atoms with van der Waals surface area (Å²) in [4.78, 5) is 0. The van der Waals surface area contributed by atoms with Crippen molar-refractivity contribution >= 4 is 11.6 Å². The summed E-state index contributed by atoms with van der Waals surface area (Å²) < 4.78 is 5.46. The average Bonchev–Trinajstić information content (AvgIpc) is 2.26. The van der Waals surface area contributed by atoms with Crippen LogP contribution in [0.25, 0.3) is 0 Å². The molecule has 0 aromatic heterocycles. The molecule has 0 aliphatic heterocycles. The minimum atomic E-state index is 0.364. The van der Waals surface area contributed by atoms with Gasteiger partial charge in [0.25, 0.3) is 0 Å². The van der Waals surface area contributed by atoms with Crippen LogP contribution in [0.5, 0.6) is 0 Å². The predicted molar refractivity (Wildman–Crippen MR) is 69.1 cm³/mol. The molecule has 0 fully saturated rings. The number of benzene rings is 1. The fraction of sp³-hybridized carbons (Fsp3) is 0.538. The predicted octanol–water partition coefficient (Wildman–Crippen LogP) is 2.90. The van der Waals surface area contributed by atoms with Gasteiger partial charge in [0.05, 0.1) is 6.61 Å². The van der Waals surface area contributed by atoms with Crippen molar-refractivity contribution < 1.29 is 4.74 Å². The number of halogens is 1. The molecule has 1 N–H and O–H groups in total. The number of rotatable bonds is 7. The van der Waals surface area contributed by atoms with Gasteiger partial charge in [-0.2, -0.15) is 0 Å². The molecule has 0 bridgehead atoms. The molecule has 0 amide bonds. The molecule has 2 nitrogen and oxygen atoms in total. The van der Waals surface area contributed by atoms with Gasteiger partial charge in [0.1, 0.15) is 0 Å². The van der Waals surface area contributed by atoms with Crippen LogP contribution >= 0.6 is 11.6 Å². The van der Waals surface area contributed by atoms with E-state index in [4.69, 9.17) is 16.3 Å². The number of nitrogens with one attached hydrogen (secondary N) is 1. The largest absolute Gasteiger partial charge is 0.380 e. The quantitative estimate of drug-likeness (QED) is 0.793. The van der Waals surface area contributed by atoms with E-state index in [0.717, 1.165) is 31.2 Å². The zero-order valence-electron chi connectivity index (χ0n) is 10.0. The lowest BCUT2D eigenvalue weighted by Crippen LogP contribution is -2.35. The SMILES string of the molecule is CCNC(COCC)Cc1cccc(Cl)c1. The first kappa shape index (κ1) is 13.5. The summed E-state index contributed by atoms with van der Waals surface area (Å²) in [6, 6.07) is 8.36. The highest BCUT2D eigenvalue weighted by molar-refractivity contribution is 6.30. The summed E-state index contributed by atoms with van der Waals surface area (Å²) in [6.07, 6.45) is 0.953. The molecule has 1 atom stereocenters. The van der Waals surface area contributed by atoms with Gasteiger partial charge < -0.3 is 10.1 Å². The first-order chi connectivity index (χ1) is 7.76. The molecule has 90 valence electrons. The second-order valence-electron chi connectivity index (χ2n) is 3.75. The highest BCUT2D eigenvalue weighted by Gasteiger charge is 2.08. The molecule has 0 aliphatic carbocycles. The van der Waals surface area contributed by atoms with Crippen molar-refractivity contribution in [2.45, 2.75) is 26.3 Å². The van der Waals surface area contributed by atoms with Crippen molar-refractivity contribution in [1.29, 1.82) is 0 Å². The van der Waals surface area contributed by atoms with Crippen LogP contribution in [0.1, 0.15) is 19.4 Å². The molecule has 1 unspecified atom stereocenters. The summed E-state index contributed by atoms with van der Waals surface area (Å²) in [5.74, 6) is 0. The van der Waals surface area contributed by atoms with E-state index in [9.17, 15) is 0 Å². The van der Waals surface area contributed by atoms with Gasteiger partial charge in [-0.1, -0.05) is 30.7 Å². The van der Waals surface area contributed by atoms with Crippen molar-refractivity contribution in [2.24, 2.45) is 0 Å². The lowest BCUT2D eigenvalue weighted by Gasteiger charge is -2.17.